The largest absolute Gasteiger partial charge is 0.469 e. The number of furan rings is 1. The van der Waals surface area contributed by atoms with Crippen LogP contribution in [0.1, 0.15) is 22.9 Å². The highest BCUT2D eigenvalue weighted by Gasteiger charge is 2.11. The normalized spacial score (nSPS) is 12.7. The molecule has 1 heterocycles. The molecule has 15 heavy (non-hydrogen) atoms. The van der Waals surface area contributed by atoms with E-state index >= 15 is 0 Å². The lowest BCUT2D eigenvalue weighted by Gasteiger charge is -2.09. The van der Waals surface area contributed by atoms with Crippen LogP contribution in [0.4, 0.5) is 0 Å². The van der Waals surface area contributed by atoms with Crippen molar-refractivity contribution in [2.24, 2.45) is 5.73 Å². The molecule has 3 heteroatoms. The van der Waals surface area contributed by atoms with Crippen LogP contribution in [0.15, 0.2) is 41.0 Å². The maximum atomic E-state index is 6.08. The highest BCUT2D eigenvalue weighted by molar-refractivity contribution is 6.30. The zero-order valence-corrected chi connectivity index (χ0v) is 9.16. The Kier molecular flexibility index (Phi) is 2.80. The van der Waals surface area contributed by atoms with Crippen LogP contribution in [-0.2, 0) is 0 Å². The number of benzene rings is 1. The molecule has 0 aliphatic rings. The monoisotopic (exact) mass is 221 g/mol. The van der Waals surface area contributed by atoms with Crippen LogP contribution in [0.5, 0.6) is 0 Å². The molecule has 1 aromatic heterocycles. The summed E-state index contributed by atoms with van der Waals surface area (Å²) >= 11 is 5.90. The number of rotatable bonds is 2. The highest BCUT2D eigenvalue weighted by atomic mass is 35.5. The first-order valence-corrected chi connectivity index (χ1v) is 5.10. The lowest BCUT2D eigenvalue weighted by atomic mass is 10.0. The van der Waals surface area contributed by atoms with Gasteiger partial charge in [-0.3, -0.25) is 0 Å². The molecule has 78 valence electrons. The maximum Gasteiger partial charge on any atom is 0.101 e. The Morgan fingerprint density at radius 1 is 1.27 bits per heavy atom. The number of hydrogen-bond donors (Lipinski definition) is 1. The van der Waals surface area contributed by atoms with E-state index in [9.17, 15) is 0 Å². The molecule has 0 aliphatic heterocycles. The summed E-state index contributed by atoms with van der Waals surface area (Å²) in [6, 6.07) is 9.31. The van der Waals surface area contributed by atoms with E-state index < -0.39 is 0 Å². The predicted octanol–water partition coefficient (Wildman–Crippen LogP) is 3.29. The van der Waals surface area contributed by atoms with Gasteiger partial charge in [0.2, 0.25) is 0 Å². The van der Waals surface area contributed by atoms with Gasteiger partial charge in [-0.05, 0) is 30.7 Å². The third-order valence-electron chi connectivity index (χ3n) is 2.32. The summed E-state index contributed by atoms with van der Waals surface area (Å²) < 4.78 is 5.22. The molecule has 1 atom stereocenters. The fourth-order valence-electron chi connectivity index (χ4n) is 1.52. The standard InChI is InChI=1S/C12H12ClNO/c1-8-5-10(7-15-8)12(14)9-3-2-4-11(13)6-9/h2-7,12H,14H2,1H3. The first-order valence-electron chi connectivity index (χ1n) is 4.73. The average molecular weight is 222 g/mol. The van der Waals surface area contributed by atoms with Crippen molar-refractivity contribution in [3.8, 4) is 0 Å². The SMILES string of the molecule is Cc1cc(C(N)c2cccc(Cl)c2)co1. The van der Waals surface area contributed by atoms with Crippen molar-refractivity contribution in [1.82, 2.24) is 0 Å². The van der Waals surface area contributed by atoms with Crippen molar-refractivity contribution in [1.29, 1.82) is 0 Å². The van der Waals surface area contributed by atoms with Gasteiger partial charge in [0, 0.05) is 10.6 Å². The van der Waals surface area contributed by atoms with E-state index in [1.165, 1.54) is 0 Å². The van der Waals surface area contributed by atoms with Gasteiger partial charge >= 0.3 is 0 Å². The average Bonchev–Trinajstić information content (AvgIpc) is 2.64. The Bertz CT molecular complexity index is 464. The molecule has 2 N–H and O–H groups in total. The Morgan fingerprint density at radius 2 is 2.07 bits per heavy atom. The highest BCUT2D eigenvalue weighted by Crippen LogP contribution is 2.23. The minimum Gasteiger partial charge on any atom is -0.469 e. The smallest absolute Gasteiger partial charge is 0.101 e. The molecule has 2 nitrogen and oxygen atoms in total. The van der Waals surface area contributed by atoms with Gasteiger partial charge in [0.15, 0.2) is 0 Å². The Hall–Kier alpha value is -1.25. The Labute approximate surface area is 93.7 Å². The van der Waals surface area contributed by atoms with Crippen LogP contribution in [-0.4, -0.2) is 0 Å². The summed E-state index contributed by atoms with van der Waals surface area (Å²) in [5.74, 6) is 0.863. The first kappa shape index (κ1) is 10.3. The van der Waals surface area contributed by atoms with Crippen LogP contribution in [0.2, 0.25) is 5.02 Å². The fourth-order valence-corrected chi connectivity index (χ4v) is 1.72. The van der Waals surface area contributed by atoms with Crippen molar-refractivity contribution < 1.29 is 4.42 Å². The summed E-state index contributed by atoms with van der Waals surface area (Å²) in [6.07, 6.45) is 1.68. The lowest BCUT2D eigenvalue weighted by molar-refractivity contribution is 0.530. The molecular formula is C12H12ClNO. The number of aryl methyl sites for hydroxylation is 1. The van der Waals surface area contributed by atoms with Crippen LogP contribution in [0.3, 0.4) is 0 Å². The molecule has 1 aromatic carbocycles. The van der Waals surface area contributed by atoms with Crippen LogP contribution >= 0.6 is 11.6 Å². The van der Waals surface area contributed by atoms with Crippen molar-refractivity contribution in [2.45, 2.75) is 13.0 Å². The Morgan fingerprint density at radius 3 is 2.67 bits per heavy atom. The van der Waals surface area contributed by atoms with Gasteiger partial charge in [0.05, 0.1) is 12.3 Å². The molecule has 0 bridgehead atoms. The summed E-state index contributed by atoms with van der Waals surface area (Å²) in [7, 11) is 0. The number of nitrogens with two attached hydrogens (primary N) is 1. The minimum atomic E-state index is -0.179. The summed E-state index contributed by atoms with van der Waals surface area (Å²) in [5, 5.41) is 0.697. The van der Waals surface area contributed by atoms with Gasteiger partial charge in [0.1, 0.15) is 5.76 Å². The lowest BCUT2D eigenvalue weighted by Crippen LogP contribution is -2.10. The molecule has 0 fully saturated rings. The van der Waals surface area contributed by atoms with Crippen molar-refractivity contribution in [3.05, 3.63) is 58.5 Å². The molecular weight excluding hydrogens is 210 g/mol. The van der Waals surface area contributed by atoms with E-state index in [4.69, 9.17) is 21.8 Å². The third-order valence-corrected chi connectivity index (χ3v) is 2.55. The molecule has 2 rings (SSSR count). The van der Waals surface area contributed by atoms with E-state index in [1.807, 2.05) is 37.3 Å². The van der Waals surface area contributed by atoms with Crippen molar-refractivity contribution >= 4 is 11.6 Å². The second-order valence-corrected chi connectivity index (χ2v) is 3.96. The molecule has 0 aliphatic carbocycles. The third kappa shape index (κ3) is 2.22. The first-order chi connectivity index (χ1) is 7.16. The second kappa shape index (κ2) is 4.09. The maximum absolute atomic E-state index is 6.08. The molecule has 1 unspecified atom stereocenters. The van der Waals surface area contributed by atoms with Crippen LogP contribution < -0.4 is 5.73 Å². The van der Waals surface area contributed by atoms with Gasteiger partial charge in [-0.1, -0.05) is 23.7 Å². The van der Waals surface area contributed by atoms with Gasteiger partial charge in [-0.15, -0.1) is 0 Å². The Balaban J connectivity index is 2.32. The molecule has 0 spiro atoms. The van der Waals surface area contributed by atoms with E-state index in [0.717, 1.165) is 16.9 Å². The van der Waals surface area contributed by atoms with E-state index in [1.54, 1.807) is 6.26 Å². The minimum absolute atomic E-state index is 0.179. The van der Waals surface area contributed by atoms with Gasteiger partial charge < -0.3 is 10.2 Å². The molecule has 0 saturated heterocycles. The summed E-state index contributed by atoms with van der Waals surface area (Å²) in [5.41, 5.74) is 8.04. The summed E-state index contributed by atoms with van der Waals surface area (Å²) in [4.78, 5) is 0. The zero-order chi connectivity index (χ0) is 10.8. The van der Waals surface area contributed by atoms with E-state index in [2.05, 4.69) is 0 Å². The van der Waals surface area contributed by atoms with Crippen LogP contribution in [0, 0.1) is 6.92 Å². The number of hydrogen-bond acceptors (Lipinski definition) is 2. The van der Waals surface area contributed by atoms with E-state index in [0.29, 0.717) is 5.02 Å². The predicted molar refractivity (Wildman–Crippen MR) is 60.9 cm³/mol. The second-order valence-electron chi connectivity index (χ2n) is 3.52. The molecule has 0 saturated carbocycles. The zero-order valence-electron chi connectivity index (χ0n) is 8.41. The van der Waals surface area contributed by atoms with Crippen molar-refractivity contribution in [3.63, 3.8) is 0 Å². The quantitative estimate of drug-likeness (QED) is 0.845. The summed E-state index contributed by atoms with van der Waals surface area (Å²) in [6.45, 7) is 1.90. The van der Waals surface area contributed by atoms with Gasteiger partial charge in [0.25, 0.3) is 0 Å². The van der Waals surface area contributed by atoms with Crippen molar-refractivity contribution in [2.75, 3.05) is 0 Å². The number of halogens is 1. The van der Waals surface area contributed by atoms with Gasteiger partial charge in [-0.2, -0.15) is 0 Å². The topological polar surface area (TPSA) is 39.2 Å². The van der Waals surface area contributed by atoms with Crippen LogP contribution in [0.25, 0.3) is 0 Å². The molecule has 2 aromatic rings. The van der Waals surface area contributed by atoms with E-state index in [-0.39, 0.29) is 6.04 Å². The van der Waals surface area contributed by atoms with Gasteiger partial charge in [-0.25, -0.2) is 0 Å². The molecule has 0 radical (unpaired) electrons. The fraction of sp³-hybridized carbons (Fsp3) is 0.167. The molecule has 0 amide bonds.